The van der Waals surface area contributed by atoms with Crippen molar-refractivity contribution in [2.24, 2.45) is 0 Å². The van der Waals surface area contributed by atoms with Crippen molar-refractivity contribution in [2.45, 2.75) is 39.8 Å². The topological polar surface area (TPSA) is 62.2 Å². The molecule has 0 saturated carbocycles. The van der Waals surface area contributed by atoms with E-state index in [1.54, 1.807) is 0 Å². The van der Waals surface area contributed by atoms with Gasteiger partial charge in [0.1, 0.15) is 0 Å². The number of aromatic nitrogens is 2. The Bertz CT molecular complexity index is 1410. The second-order valence-corrected chi connectivity index (χ2v) is 9.61. The first-order valence-corrected chi connectivity index (χ1v) is 12.4. The first-order chi connectivity index (χ1) is 17.3. The van der Waals surface area contributed by atoms with E-state index in [0.717, 1.165) is 34.1 Å². The zero-order valence-corrected chi connectivity index (χ0v) is 21.6. The molecule has 3 heterocycles. The molecule has 7 heteroatoms. The molecule has 1 saturated heterocycles. The van der Waals surface area contributed by atoms with Crippen LogP contribution in [-0.4, -0.2) is 20.6 Å². The van der Waals surface area contributed by atoms with E-state index in [9.17, 15) is 4.79 Å². The molecule has 2 atom stereocenters. The van der Waals surface area contributed by atoms with Gasteiger partial charge < -0.3 is 20.1 Å². The minimum atomic E-state index is -0.124. The van der Waals surface area contributed by atoms with Gasteiger partial charge in [-0.05, 0) is 93.1 Å². The van der Waals surface area contributed by atoms with Crippen molar-refractivity contribution in [2.75, 3.05) is 10.2 Å². The molecule has 1 fully saturated rings. The number of hydrogen-bond acceptors (Lipinski definition) is 3. The number of carbonyl (C=O) groups is 1. The Hall–Kier alpha value is -3.97. The van der Waals surface area contributed by atoms with Crippen LogP contribution >= 0.6 is 12.2 Å². The molecule has 0 aliphatic carbocycles. The van der Waals surface area contributed by atoms with Gasteiger partial charge in [0, 0.05) is 41.6 Å². The second-order valence-electron chi connectivity index (χ2n) is 9.22. The van der Waals surface area contributed by atoms with Gasteiger partial charge in [0.05, 0.1) is 17.8 Å². The highest BCUT2D eigenvalue weighted by atomic mass is 32.1. The highest BCUT2D eigenvalue weighted by molar-refractivity contribution is 7.80. The number of nitrogens with zero attached hydrogens (tertiary/aromatic N) is 3. The first-order valence-electron chi connectivity index (χ1n) is 12.0. The Labute approximate surface area is 217 Å². The number of hydrogen-bond donors (Lipinski definition) is 2. The largest absolute Gasteiger partial charge is 0.351 e. The van der Waals surface area contributed by atoms with Crippen LogP contribution in [0.5, 0.6) is 0 Å². The average Bonchev–Trinajstić information content (AvgIpc) is 3.35. The zero-order valence-electron chi connectivity index (χ0n) is 20.8. The molecule has 2 aromatic carbocycles. The second kappa shape index (κ2) is 9.59. The van der Waals surface area contributed by atoms with Crippen LogP contribution in [0.1, 0.15) is 47.2 Å². The van der Waals surface area contributed by atoms with Crippen LogP contribution in [0.2, 0.25) is 0 Å². The molecule has 0 unspecified atom stereocenters. The van der Waals surface area contributed by atoms with Crippen molar-refractivity contribution in [1.29, 1.82) is 0 Å². The molecule has 4 aromatic rings. The maximum absolute atomic E-state index is 11.5. The Morgan fingerprint density at radius 1 is 0.972 bits per heavy atom. The smallest absolute Gasteiger partial charge is 0.221 e. The molecule has 2 aromatic heterocycles. The number of benzene rings is 2. The van der Waals surface area contributed by atoms with Crippen molar-refractivity contribution >= 4 is 34.6 Å². The summed E-state index contributed by atoms with van der Waals surface area (Å²) in [5.41, 5.74) is 8.50. The normalized spacial score (nSPS) is 17.2. The molecule has 1 aliphatic rings. The maximum Gasteiger partial charge on any atom is 0.221 e. The number of anilines is 2. The lowest BCUT2D eigenvalue weighted by molar-refractivity contribution is -0.114. The summed E-state index contributed by atoms with van der Waals surface area (Å²) >= 11 is 5.88. The van der Waals surface area contributed by atoms with Gasteiger partial charge in [0.15, 0.2) is 5.11 Å². The third kappa shape index (κ3) is 4.38. The van der Waals surface area contributed by atoms with E-state index in [2.05, 4.69) is 76.2 Å². The summed E-state index contributed by atoms with van der Waals surface area (Å²) < 4.78 is 2.30. The fraction of sp³-hybridized carbons (Fsp3) is 0.207. The summed E-state index contributed by atoms with van der Waals surface area (Å²) in [4.78, 5) is 18.3. The fourth-order valence-corrected chi connectivity index (χ4v) is 5.38. The van der Waals surface area contributed by atoms with Gasteiger partial charge in [-0.2, -0.15) is 0 Å². The van der Waals surface area contributed by atoms with E-state index in [4.69, 9.17) is 12.2 Å². The minimum Gasteiger partial charge on any atom is -0.351 e. The van der Waals surface area contributed by atoms with Gasteiger partial charge in [-0.15, -0.1) is 0 Å². The van der Waals surface area contributed by atoms with Crippen molar-refractivity contribution in [3.05, 3.63) is 107 Å². The maximum atomic E-state index is 11.5. The first kappa shape index (κ1) is 23.8. The van der Waals surface area contributed by atoms with Crippen LogP contribution in [0, 0.1) is 20.8 Å². The summed E-state index contributed by atoms with van der Waals surface area (Å²) in [7, 11) is 0. The van der Waals surface area contributed by atoms with Crippen LogP contribution in [0.25, 0.3) is 5.69 Å². The van der Waals surface area contributed by atoms with E-state index < -0.39 is 0 Å². The van der Waals surface area contributed by atoms with Gasteiger partial charge in [0.25, 0.3) is 0 Å². The van der Waals surface area contributed by atoms with Gasteiger partial charge in [-0.3, -0.25) is 9.78 Å². The van der Waals surface area contributed by atoms with Crippen molar-refractivity contribution in [3.8, 4) is 5.69 Å². The molecule has 5 rings (SSSR count). The summed E-state index contributed by atoms with van der Waals surface area (Å²) in [5, 5.41) is 7.01. The summed E-state index contributed by atoms with van der Waals surface area (Å²) in [6.07, 6.45) is 1.82. The Morgan fingerprint density at radius 2 is 1.67 bits per heavy atom. The predicted molar refractivity (Wildman–Crippen MR) is 149 cm³/mol. The number of carbonyl (C=O) groups excluding carboxylic acids is 1. The number of aryl methyl sites for hydroxylation is 2. The zero-order chi connectivity index (χ0) is 25.4. The number of amides is 1. The molecule has 0 spiro atoms. The minimum absolute atomic E-state index is 0.0993. The van der Waals surface area contributed by atoms with E-state index in [0.29, 0.717) is 5.11 Å². The van der Waals surface area contributed by atoms with E-state index in [1.165, 1.54) is 18.1 Å². The van der Waals surface area contributed by atoms with Gasteiger partial charge in [-0.25, -0.2) is 0 Å². The van der Waals surface area contributed by atoms with Crippen molar-refractivity contribution in [3.63, 3.8) is 0 Å². The molecular formula is C29H29N5OS. The van der Waals surface area contributed by atoms with Crippen LogP contribution < -0.4 is 15.5 Å². The Kier molecular flexibility index (Phi) is 6.33. The van der Waals surface area contributed by atoms with Crippen LogP contribution in [0.15, 0.2) is 79.0 Å². The third-order valence-corrected chi connectivity index (χ3v) is 6.96. The lowest BCUT2D eigenvalue weighted by Crippen LogP contribution is -2.29. The van der Waals surface area contributed by atoms with Gasteiger partial charge in [0.2, 0.25) is 5.91 Å². The monoisotopic (exact) mass is 495 g/mol. The van der Waals surface area contributed by atoms with Crippen LogP contribution in [0.4, 0.5) is 11.4 Å². The lowest BCUT2D eigenvalue weighted by atomic mass is 9.96. The third-order valence-electron chi connectivity index (χ3n) is 6.65. The quantitative estimate of drug-likeness (QED) is 0.336. The molecule has 1 amide bonds. The Morgan fingerprint density at radius 3 is 2.31 bits per heavy atom. The van der Waals surface area contributed by atoms with E-state index >= 15 is 0 Å². The van der Waals surface area contributed by atoms with Crippen molar-refractivity contribution < 1.29 is 4.79 Å². The molecule has 6 nitrogen and oxygen atoms in total. The molecule has 0 radical (unpaired) electrons. The molecule has 36 heavy (non-hydrogen) atoms. The van der Waals surface area contributed by atoms with E-state index in [-0.39, 0.29) is 18.0 Å². The molecule has 0 bridgehead atoms. The fourth-order valence-electron chi connectivity index (χ4n) is 5.04. The van der Waals surface area contributed by atoms with Gasteiger partial charge in [-0.1, -0.05) is 23.8 Å². The standard InChI is InChI=1S/C29H29N5OS/c1-18-8-12-23(13-9-18)33-19(2)17-25(20(33)3)28-27(26-7-5-6-16-30-26)32-29(36)34(28)24-14-10-22(11-15-24)31-21(4)35/h5-17,27-28H,1-4H3,(H,31,35)(H,32,36)/t27-,28+/m1/s1. The van der Waals surface area contributed by atoms with E-state index in [1.807, 2.05) is 48.7 Å². The Balaban J connectivity index is 1.62. The van der Waals surface area contributed by atoms with Gasteiger partial charge >= 0.3 is 0 Å². The predicted octanol–water partition coefficient (Wildman–Crippen LogP) is 5.93. The molecule has 182 valence electrons. The number of rotatable bonds is 5. The summed E-state index contributed by atoms with van der Waals surface area (Å²) in [5.74, 6) is -0.0993. The SMILES string of the molecule is CC(=O)Nc1ccc(N2C(=S)N[C@H](c3ccccn3)[C@@H]2c2cc(C)n(-c3ccc(C)cc3)c2C)cc1. The highest BCUT2D eigenvalue weighted by Gasteiger charge is 2.42. The molecule has 2 N–H and O–H groups in total. The summed E-state index contributed by atoms with van der Waals surface area (Å²) in [6, 6.07) is 24.4. The van der Waals surface area contributed by atoms with Crippen LogP contribution in [-0.2, 0) is 4.79 Å². The van der Waals surface area contributed by atoms with Crippen molar-refractivity contribution in [1.82, 2.24) is 14.9 Å². The number of pyridine rings is 1. The number of nitrogens with one attached hydrogen (secondary N) is 2. The molecule has 1 aliphatic heterocycles. The van der Waals surface area contributed by atoms with Crippen LogP contribution in [0.3, 0.4) is 0 Å². The lowest BCUT2D eigenvalue weighted by Gasteiger charge is -2.28. The summed E-state index contributed by atoms with van der Waals surface area (Å²) in [6.45, 7) is 7.91. The highest BCUT2D eigenvalue weighted by Crippen LogP contribution is 2.43. The number of thiocarbonyl (C=S) groups is 1. The molecular weight excluding hydrogens is 466 g/mol. The average molecular weight is 496 g/mol.